The number of carbonyl (C=O) groups is 3. The van der Waals surface area contributed by atoms with E-state index in [1.54, 1.807) is 20.8 Å². The molecule has 0 unspecified atom stereocenters. The first-order valence-electron chi connectivity index (χ1n) is 11.2. The van der Waals surface area contributed by atoms with Crippen LogP contribution in [0.15, 0.2) is 48.5 Å². The van der Waals surface area contributed by atoms with Crippen molar-refractivity contribution in [1.82, 2.24) is 5.32 Å². The van der Waals surface area contributed by atoms with Crippen LogP contribution in [-0.4, -0.2) is 41.4 Å². The van der Waals surface area contributed by atoms with E-state index in [4.69, 9.17) is 9.47 Å². The number of esters is 1. The lowest BCUT2D eigenvalue weighted by atomic mass is 9.98. The number of benzene rings is 2. The second-order valence-electron chi connectivity index (χ2n) is 9.19. The lowest BCUT2D eigenvalue weighted by molar-refractivity contribution is -0.154. The maximum absolute atomic E-state index is 12.4. The fraction of sp³-hybridized carbons (Fsp3) is 0.423. The average Bonchev–Trinajstić information content (AvgIpc) is 3.07. The van der Waals surface area contributed by atoms with E-state index in [2.05, 4.69) is 5.32 Å². The summed E-state index contributed by atoms with van der Waals surface area (Å²) in [4.78, 5) is 35.7. The Balaban J connectivity index is 1.50. The molecule has 2 aromatic rings. The molecule has 0 radical (unpaired) electrons. The molecule has 7 heteroatoms. The van der Waals surface area contributed by atoms with Crippen LogP contribution in [0.4, 0.5) is 4.79 Å². The molecule has 1 atom stereocenters. The van der Waals surface area contributed by atoms with Gasteiger partial charge in [0, 0.05) is 12.3 Å². The number of rotatable bonds is 9. The Labute approximate surface area is 194 Å². The number of hydrogen-bond donors (Lipinski definition) is 2. The van der Waals surface area contributed by atoms with Crippen LogP contribution in [0.1, 0.15) is 63.5 Å². The molecule has 1 aliphatic carbocycles. The number of aliphatic carboxylic acids is 1. The number of hydrogen-bond acceptors (Lipinski definition) is 5. The van der Waals surface area contributed by atoms with Gasteiger partial charge in [-0.1, -0.05) is 55.0 Å². The summed E-state index contributed by atoms with van der Waals surface area (Å²) in [6.07, 6.45) is 0.568. The van der Waals surface area contributed by atoms with Gasteiger partial charge in [-0.2, -0.15) is 0 Å². The van der Waals surface area contributed by atoms with E-state index in [-0.39, 0.29) is 31.3 Å². The van der Waals surface area contributed by atoms with Crippen molar-refractivity contribution < 1.29 is 29.0 Å². The number of carbonyl (C=O) groups excluding carboxylic acids is 2. The molecule has 0 saturated carbocycles. The number of ether oxygens (including phenoxy) is 2. The Bertz CT molecular complexity index is 964. The molecule has 176 valence electrons. The Morgan fingerprint density at radius 1 is 0.970 bits per heavy atom. The SMILES string of the molecule is CC(C)(C)OC(=O)CCCC[C@H](NC(=O)OCC1c2ccccc2-c2ccccc21)C(=O)O. The second-order valence-corrected chi connectivity index (χ2v) is 9.19. The monoisotopic (exact) mass is 453 g/mol. The van der Waals surface area contributed by atoms with Gasteiger partial charge in [-0.3, -0.25) is 4.79 Å². The summed E-state index contributed by atoms with van der Waals surface area (Å²) < 4.78 is 10.7. The van der Waals surface area contributed by atoms with Crippen LogP contribution < -0.4 is 5.32 Å². The average molecular weight is 454 g/mol. The molecular formula is C26H31NO6. The molecule has 0 saturated heterocycles. The van der Waals surface area contributed by atoms with E-state index >= 15 is 0 Å². The lowest BCUT2D eigenvalue weighted by Crippen LogP contribution is -2.41. The van der Waals surface area contributed by atoms with Gasteiger partial charge in [-0.25, -0.2) is 9.59 Å². The topological polar surface area (TPSA) is 102 Å². The molecule has 0 bridgehead atoms. The highest BCUT2D eigenvalue weighted by atomic mass is 16.6. The summed E-state index contributed by atoms with van der Waals surface area (Å²) in [6, 6.07) is 14.9. The highest BCUT2D eigenvalue weighted by Gasteiger charge is 2.29. The van der Waals surface area contributed by atoms with Gasteiger partial charge in [0.05, 0.1) is 0 Å². The summed E-state index contributed by atoms with van der Waals surface area (Å²) in [5.41, 5.74) is 3.87. The van der Waals surface area contributed by atoms with Crippen molar-refractivity contribution in [1.29, 1.82) is 0 Å². The van der Waals surface area contributed by atoms with E-state index < -0.39 is 23.7 Å². The fourth-order valence-corrected chi connectivity index (χ4v) is 4.05. The molecule has 0 fully saturated rings. The van der Waals surface area contributed by atoms with E-state index in [0.29, 0.717) is 12.8 Å². The molecule has 0 aliphatic heterocycles. The molecule has 0 aromatic heterocycles. The van der Waals surface area contributed by atoms with Gasteiger partial charge in [0.1, 0.15) is 18.2 Å². The minimum absolute atomic E-state index is 0.0970. The van der Waals surface area contributed by atoms with E-state index in [0.717, 1.165) is 22.3 Å². The summed E-state index contributed by atoms with van der Waals surface area (Å²) >= 11 is 0. The molecular weight excluding hydrogens is 422 g/mol. The van der Waals surface area contributed by atoms with Gasteiger partial charge < -0.3 is 19.9 Å². The molecule has 2 N–H and O–H groups in total. The van der Waals surface area contributed by atoms with Crippen LogP contribution in [0.3, 0.4) is 0 Å². The van der Waals surface area contributed by atoms with E-state index in [1.807, 2.05) is 48.5 Å². The zero-order chi connectivity index (χ0) is 24.0. The van der Waals surface area contributed by atoms with Gasteiger partial charge in [0.15, 0.2) is 0 Å². The van der Waals surface area contributed by atoms with Gasteiger partial charge in [0.2, 0.25) is 0 Å². The number of nitrogens with one attached hydrogen (secondary N) is 1. The van der Waals surface area contributed by atoms with Crippen LogP contribution in [-0.2, 0) is 19.1 Å². The maximum atomic E-state index is 12.4. The Morgan fingerprint density at radius 3 is 2.09 bits per heavy atom. The van der Waals surface area contributed by atoms with E-state index in [9.17, 15) is 19.5 Å². The molecule has 1 aliphatic rings. The predicted molar refractivity (Wildman–Crippen MR) is 124 cm³/mol. The van der Waals surface area contributed by atoms with E-state index in [1.165, 1.54) is 0 Å². The van der Waals surface area contributed by atoms with Crippen LogP contribution in [0.2, 0.25) is 0 Å². The van der Waals surface area contributed by atoms with Crippen LogP contribution in [0.5, 0.6) is 0 Å². The molecule has 7 nitrogen and oxygen atoms in total. The van der Waals surface area contributed by atoms with Crippen molar-refractivity contribution in [3.63, 3.8) is 0 Å². The smallest absolute Gasteiger partial charge is 0.407 e. The van der Waals surface area contributed by atoms with Crippen molar-refractivity contribution in [2.75, 3.05) is 6.61 Å². The number of unbranched alkanes of at least 4 members (excludes halogenated alkanes) is 1. The number of amides is 1. The summed E-state index contributed by atoms with van der Waals surface area (Å²) in [6.45, 7) is 5.50. The summed E-state index contributed by atoms with van der Waals surface area (Å²) in [5, 5.41) is 11.9. The Hall–Kier alpha value is -3.35. The van der Waals surface area contributed by atoms with Crippen molar-refractivity contribution >= 4 is 18.0 Å². The molecule has 0 heterocycles. The highest BCUT2D eigenvalue weighted by molar-refractivity contribution is 5.81. The van der Waals surface area contributed by atoms with Crippen LogP contribution in [0.25, 0.3) is 11.1 Å². The number of fused-ring (bicyclic) bond motifs is 3. The zero-order valence-corrected chi connectivity index (χ0v) is 19.3. The van der Waals surface area contributed by atoms with Gasteiger partial charge in [-0.05, 0) is 55.9 Å². The second kappa shape index (κ2) is 10.5. The van der Waals surface area contributed by atoms with Crippen LogP contribution in [0, 0.1) is 0 Å². The number of carboxylic acids is 1. The summed E-state index contributed by atoms with van der Waals surface area (Å²) in [7, 11) is 0. The first kappa shape index (κ1) is 24.3. The third kappa shape index (κ3) is 6.57. The van der Waals surface area contributed by atoms with Gasteiger partial charge >= 0.3 is 18.0 Å². The Morgan fingerprint density at radius 2 is 1.55 bits per heavy atom. The molecule has 1 amide bonds. The minimum Gasteiger partial charge on any atom is -0.480 e. The van der Waals surface area contributed by atoms with Gasteiger partial charge in [0.25, 0.3) is 0 Å². The highest BCUT2D eigenvalue weighted by Crippen LogP contribution is 2.44. The van der Waals surface area contributed by atoms with Crippen molar-refractivity contribution in [2.24, 2.45) is 0 Å². The standard InChI is InChI=1S/C26H31NO6/c1-26(2,3)33-23(28)15-9-8-14-22(24(29)30)27-25(31)32-16-21-19-12-6-4-10-17(19)18-11-5-7-13-20(18)21/h4-7,10-13,21-22H,8-9,14-16H2,1-3H3,(H,27,31)(H,29,30)/t22-/m0/s1. The normalized spacial score (nSPS) is 13.5. The Kier molecular flexibility index (Phi) is 7.74. The third-order valence-corrected chi connectivity index (χ3v) is 5.48. The van der Waals surface area contributed by atoms with Crippen LogP contribution >= 0.6 is 0 Å². The first-order valence-corrected chi connectivity index (χ1v) is 11.2. The summed E-state index contributed by atoms with van der Waals surface area (Å²) in [5.74, 6) is -1.56. The third-order valence-electron chi connectivity index (χ3n) is 5.48. The quantitative estimate of drug-likeness (QED) is 0.414. The van der Waals surface area contributed by atoms with Crippen molar-refractivity contribution in [2.45, 2.75) is 64.0 Å². The predicted octanol–water partition coefficient (Wildman–Crippen LogP) is 4.88. The van der Waals surface area contributed by atoms with Crippen molar-refractivity contribution in [3.8, 4) is 11.1 Å². The molecule has 3 rings (SSSR count). The first-order chi connectivity index (χ1) is 15.7. The maximum Gasteiger partial charge on any atom is 0.407 e. The van der Waals surface area contributed by atoms with Gasteiger partial charge in [-0.15, -0.1) is 0 Å². The zero-order valence-electron chi connectivity index (χ0n) is 19.3. The molecule has 33 heavy (non-hydrogen) atoms. The van der Waals surface area contributed by atoms with Crippen molar-refractivity contribution in [3.05, 3.63) is 59.7 Å². The minimum atomic E-state index is -1.14. The number of alkyl carbamates (subject to hydrolysis) is 1. The lowest BCUT2D eigenvalue weighted by Gasteiger charge is -2.19. The molecule has 0 spiro atoms. The largest absolute Gasteiger partial charge is 0.480 e. The fourth-order valence-electron chi connectivity index (χ4n) is 4.05. The number of carboxylic acid groups (broad SMARTS) is 1. The molecule has 2 aromatic carbocycles.